The molecule has 0 aliphatic rings. The number of pyridine rings is 1. The van der Waals surface area contributed by atoms with Gasteiger partial charge in [0.25, 0.3) is 5.91 Å². The molecule has 0 saturated carbocycles. The molecule has 0 bridgehead atoms. The molecule has 0 aliphatic carbocycles. The number of fused-ring (bicyclic) bond motifs is 1. The normalized spacial score (nSPS) is 10.6. The second kappa shape index (κ2) is 9.18. The number of nitrogens with one attached hydrogen (secondary N) is 1. The van der Waals surface area contributed by atoms with Gasteiger partial charge in [0.15, 0.2) is 11.5 Å². The minimum absolute atomic E-state index is 0.125. The van der Waals surface area contributed by atoms with Crippen LogP contribution in [0.4, 0.5) is 5.69 Å². The van der Waals surface area contributed by atoms with Crippen LogP contribution in [0.2, 0.25) is 5.02 Å². The number of halogens is 1. The zero-order valence-corrected chi connectivity index (χ0v) is 18.6. The fraction of sp³-hybridized carbons (Fsp3) is 0.0800. The number of carbonyl (C=O) groups is 2. The van der Waals surface area contributed by atoms with Crippen LogP contribution >= 0.6 is 11.6 Å². The lowest BCUT2D eigenvalue weighted by atomic mass is 10.0. The van der Waals surface area contributed by atoms with Crippen LogP contribution in [-0.2, 0) is 0 Å². The van der Waals surface area contributed by atoms with E-state index in [1.807, 2.05) is 30.3 Å². The minimum atomic E-state index is -0.679. The Morgan fingerprint density at radius 1 is 0.909 bits per heavy atom. The summed E-state index contributed by atoms with van der Waals surface area (Å²) in [5.41, 5.74) is 8.31. The first-order chi connectivity index (χ1) is 15.9. The molecular formula is C25H20ClN3O4. The summed E-state index contributed by atoms with van der Waals surface area (Å²) < 4.78 is 10.7. The van der Waals surface area contributed by atoms with E-state index in [0.717, 1.165) is 5.56 Å². The number of rotatable bonds is 6. The van der Waals surface area contributed by atoms with Crippen LogP contribution in [0.5, 0.6) is 11.5 Å². The van der Waals surface area contributed by atoms with E-state index in [9.17, 15) is 9.59 Å². The highest BCUT2D eigenvalue weighted by molar-refractivity contribution is 6.34. The van der Waals surface area contributed by atoms with Crippen molar-refractivity contribution in [2.24, 2.45) is 5.73 Å². The van der Waals surface area contributed by atoms with E-state index in [1.54, 1.807) is 38.5 Å². The van der Waals surface area contributed by atoms with Gasteiger partial charge in [-0.1, -0.05) is 29.8 Å². The minimum Gasteiger partial charge on any atom is -0.493 e. The predicted octanol–water partition coefficient (Wildman–Crippen LogP) is 4.92. The Morgan fingerprint density at radius 3 is 2.39 bits per heavy atom. The average Bonchev–Trinajstić information content (AvgIpc) is 2.83. The molecule has 0 aliphatic heterocycles. The number of anilines is 1. The molecule has 33 heavy (non-hydrogen) atoms. The lowest BCUT2D eigenvalue weighted by Gasteiger charge is -2.13. The zero-order chi connectivity index (χ0) is 23.5. The zero-order valence-electron chi connectivity index (χ0n) is 17.9. The smallest absolute Gasteiger partial charge is 0.256 e. The van der Waals surface area contributed by atoms with Crippen molar-refractivity contribution in [3.05, 3.63) is 82.9 Å². The Kier molecular flexibility index (Phi) is 6.15. The van der Waals surface area contributed by atoms with Gasteiger partial charge in [-0.05, 0) is 48.5 Å². The molecule has 3 N–H and O–H groups in total. The third-order valence-electron chi connectivity index (χ3n) is 5.13. The van der Waals surface area contributed by atoms with Gasteiger partial charge in [-0.25, -0.2) is 4.98 Å². The molecule has 0 fully saturated rings. The highest BCUT2D eigenvalue weighted by Gasteiger charge is 2.16. The quantitative estimate of drug-likeness (QED) is 0.424. The van der Waals surface area contributed by atoms with Gasteiger partial charge in [0.05, 0.1) is 41.6 Å². The van der Waals surface area contributed by atoms with Crippen LogP contribution < -0.4 is 20.5 Å². The summed E-state index contributed by atoms with van der Waals surface area (Å²) in [7, 11) is 3.12. The summed E-state index contributed by atoms with van der Waals surface area (Å²) in [6.45, 7) is 0. The fourth-order valence-corrected chi connectivity index (χ4v) is 3.71. The molecule has 0 saturated heterocycles. The number of aromatic nitrogens is 1. The number of primary amides is 1. The highest BCUT2D eigenvalue weighted by Crippen LogP contribution is 2.33. The Hall–Kier alpha value is -4.10. The van der Waals surface area contributed by atoms with Crippen LogP contribution in [0.25, 0.3) is 22.2 Å². The van der Waals surface area contributed by atoms with Crippen molar-refractivity contribution in [3.8, 4) is 22.8 Å². The maximum Gasteiger partial charge on any atom is 0.256 e. The number of amides is 2. The highest BCUT2D eigenvalue weighted by atomic mass is 35.5. The fourth-order valence-electron chi connectivity index (χ4n) is 3.50. The first-order valence-electron chi connectivity index (χ1n) is 9.94. The number of nitrogens with two attached hydrogens (primary N) is 1. The van der Waals surface area contributed by atoms with Gasteiger partial charge in [-0.2, -0.15) is 0 Å². The van der Waals surface area contributed by atoms with E-state index in [0.29, 0.717) is 39.3 Å². The molecule has 166 valence electrons. The topological polar surface area (TPSA) is 104 Å². The number of methoxy groups -OCH3 is 2. The summed E-state index contributed by atoms with van der Waals surface area (Å²) >= 11 is 6.02. The molecule has 0 unspecified atom stereocenters. The van der Waals surface area contributed by atoms with Gasteiger partial charge in [-0.3, -0.25) is 9.59 Å². The van der Waals surface area contributed by atoms with Crippen molar-refractivity contribution >= 4 is 40.0 Å². The lowest BCUT2D eigenvalue weighted by molar-refractivity contribution is 0.0996. The number of benzene rings is 3. The maximum absolute atomic E-state index is 13.3. The number of nitrogens with zero attached hydrogens (tertiary/aromatic N) is 1. The van der Waals surface area contributed by atoms with Crippen molar-refractivity contribution in [3.63, 3.8) is 0 Å². The predicted molar refractivity (Wildman–Crippen MR) is 128 cm³/mol. The lowest BCUT2D eigenvalue weighted by Crippen LogP contribution is -2.15. The summed E-state index contributed by atoms with van der Waals surface area (Å²) in [6.07, 6.45) is 0. The van der Waals surface area contributed by atoms with E-state index in [2.05, 4.69) is 5.32 Å². The first-order valence-corrected chi connectivity index (χ1v) is 10.3. The van der Waals surface area contributed by atoms with E-state index < -0.39 is 5.91 Å². The Balaban J connectivity index is 1.79. The Morgan fingerprint density at radius 2 is 1.67 bits per heavy atom. The molecule has 0 spiro atoms. The molecular weight excluding hydrogens is 442 g/mol. The summed E-state index contributed by atoms with van der Waals surface area (Å²) in [5.74, 6) is 0.0957. The average molecular weight is 462 g/mol. The maximum atomic E-state index is 13.3. The van der Waals surface area contributed by atoms with E-state index in [4.69, 9.17) is 31.8 Å². The van der Waals surface area contributed by atoms with Gasteiger partial charge < -0.3 is 20.5 Å². The second-order valence-electron chi connectivity index (χ2n) is 7.15. The molecule has 8 heteroatoms. The molecule has 1 heterocycles. The summed E-state index contributed by atoms with van der Waals surface area (Å²) in [6, 6.07) is 19.1. The Labute approximate surface area is 195 Å². The molecule has 7 nitrogen and oxygen atoms in total. The first kappa shape index (κ1) is 22.1. The van der Waals surface area contributed by atoms with E-state index in [1.165, 1.54) is 12.1 Å². The van der Waals surface area contributed by atoms with E-state index >= 15 is 0 Å². The standard InChI is InChI=1S/C25H20ClN3O4/c1-32-22-10-7-14(11-23(22)33-2)21-13-17(16-5-3-4-6-20(16)29-21)25(31)28-15-8-9-19(26)18(12-15)24(27)30/h3-13H,1-2H3,(H2,27,30)(H,28,31). The van der Waals surface area contributed by atoms with E-state index in [-0.39, 0.29) is 16.5 Å². The van der Waals surface area contributed by atoms with Crippen molar-refractivity contribution in [2.75, 3.05) is 19.5 Å². The molecule has 2 amide bonds. The SMILES string of the molecule is COc1ccc(-c2cc(C(=O)Nc3ccc(Cl)c(C(N)=O)c3)c3ccccc3n2)cc1OC. The Bertz CT molecular complexity index is 1390. The van der Waals surface area contributed by atoms with Crippen molar-refractivity contribution in [2.45, 2.75) is 0 Å². The van der Waals surface area contributed by atoms with Crippen molar-refractivity contribution < 1.29 is 19.1 Å². The monoisotopic (exact) mass is 461 g/mol. The molecule has 4 aromatic rings. The van der Waals surface area contributed by atoms with Gasteiger partial charge in [-0.15, -0.1) is 0 Å². The van der Waals surface area contributed by atoms with Crippen LogP contribution in [0, 0.1) is 0 Å². The third-order valence-corrected chi connectivity index (χ3v) is 5.46. The van der Waals surface area contributed by atoms with Gasteiger partial charge in [0.2, 0.25) is 5.91 Å². The molecule has 3 aromatic carbocycles. The molecule has 4 rings (SSSR count). The number of hydrogen-bond acceptors (Lipinski definition) is 5. The van der Waals surface area contributed by atoms with Crippen LogP contribution in [0.3, 0.4) is 0 Å². The van der Waals surface area contributed by atoms with Crippen LogP contribution in [-0.4, -0.2) is 31.0 Å². The number of hydrogen-bond donors (Lipinski definition) is 2. The van der Waals surface area contributed by atoms with Gasteiger partial charge >= 0.3 is 0 Å². The van der Waals surface area contributed by atoms with Crippen LogP contribution in [0.1, 0.15) is 20.7 Å². The number of para-hydroxylation sites is 1. The summed E-state index contributed by atoms with van der Waals surface area (Å²) in [5, 5.41) is 3.71. The van der Waals surface area contributed by atoms with Crippen molar-refractivity contribution in [1.82, 2.24) is 4.98 Å². The largest absolute Gasteiger partial charge is 0.493 e. The third kappa shape index (κ3) is 4.44. The van der Waals surface area contributed by atoms with Gasteiger partial charge in [0.1, 0.15) is 0 Å². The summed E-state index contributed by atoms with van der Waals surface area (Å²) in [4.78, 5) is 29.6. The van der Waals surface area contributed by atoms with Crippen LogP contribution in [0.15, 0.2) is 66.7 Å². The number of ether oxygens (including phenoxy) is 2. The second-order valence-corrected chi connectivity index (χ2v) is 7.56. The molecule has 1 aromatic heterocycles. The van der Waals surface area contributed by atoms with Crippen molar-refractivity contribution in [1.29, 1.82) is 0 Å². The van der Waals surface area contributed by atoms with Gasteiger partial charge in [0, 0.05) is 16.6 Å². The molecule has 0 atom stereocenters. The number of carbonyl (C=O) groups excluding carboxylic acids is 2. The molecule has 0 radical (unpaired) electrons.